The van der Waals surface area contributed by atoms with Gasteiger partial charge in [-0.15, -0.1) is 0 Å². The zero-order chi connectivity index (χ0) is 13.3. The number of hydrogen-bond acceptors (Lipinski definition) is 2. The largest absolute Gasteiger partial charge is 0.481 e. The normalized spacial score (nSPS) is 30.0. The minimum Gasteiger partial charge on any atom is -0.481 e. The molecule has 102 valence electrons. The Bertz CT molecular complexity index is 351. The maximum absolute atomic E-state index is 12.3. The molecular weight excluding hydrogens is 230 g/mol. The van der Waals surface area contributed by atoms with Crippen molar-refractivity contribution in [2.45, 2.75) is 46.0 Å². The topological polar surface area (TPSA) is 57.6 Å². The molecule has 0 aromatic heterocycles. The molecule has 0 aromatic carbocycles. The number of nitrogens with zero attached hydrogens (tertiary/aromatic N) is 1. The van der Waals surface area contributed by atoms with Gasteiger partial charge in [-0.1, -0.05) is 13.8 Å². The molecule has 2 aliphatic rings. The Morgan fingerprint density at radius 1 is 1.44 bits per heavy atom. The van der Waals surface area contributed by atoms with Crippen molar-refractivity contribution < 1.29 is 14.7 Å². The van der Waals surface area contributed by atoms with Crippen LogP contribution < -0.4 is 0 Å². The summed E-state index contributed by atoms with van der Waals surface area (Å²) in [5, 5.41) is 9.41. The van der Waals surface area contributed by atoms with Crippen LogP contribution in [-0.4, -0.2) is 35.0 Å². The van der Waals surface area contributed by atoms with Gasteiger partial charge in [0.05, 0.1) is 5.41 Å². The van der Waals surface area contributed by atoms with E-state index in [4.69, 9.17) is 0 Å². The maximum atomic E-state index is 12.3. The number of carboxylic acids is 1. The van der Waals surface area contributed by atoms with Gasteiger partial charge in [-0.3, -0.25) is 9.59 Å². The molecule has 0 bridgehead atoms. The summed E-state index contributed by atoms with van der Waals surface area (Å²) < 4.78 is 0. The number of rotatable bonds is 4. The summed E-state index contributed by atoms with van der Waals surface area (Å²) in [5.41, 5.74) is -0.711. The standard InChI is InChI=1S/C14H23NO3/c1-3-14(13(17)18)7-4-8-15(9-14)12(16)10(2)11-5-6-11/h10-11H,3-9H2,1-2H3,(H,17,18). The Kier molecular flexibility index (Phi) is 3.64. The zero-order valence-corrected chi connectivity index (χ0v) is 11.3. The van der Waals surface area contributed by atoms with E-state index >= 15 is 0 Å². The maximum Gasteiger partial charge on any atom is 0.311 e. The van der Waals surface area contributed by atoms with Crippen LogP contribution in [0.5, 0.6) is 0 Å². The van der Waals surface area contributed by atoms with Gasteiger partial charge in [0, 0.05) is 19.0 Å². The highest BCUT2D eigenvalue weighted by Crippen LogP contribution is 2.39. The van der Waals surface area contributed by atoms with Crippen LogP contribution in [0, 0.1) is 17.3 Å². The van der Waals surface area contributed by atoms with E-state index in [1.54, 1.807) is 4.90 Å². The Hall–Kier alpha value is -1.06. The summed E-state index contributed by atoms with van der Waals surface area (Å²) in [6, 6.07) is 0. The molecule has 1 amide bonds. The fraction of sp³-hybridized carbons (Fsp3) is 0.857. The van der Waals surface area contributed by atoms with Crippen LogP contribution in [0.25, 0.3) is 0 Å². The van der Waals surface area contributed by atoms with Gasteiger partial charge in [-0.25, -0.2) is 0 Å². The van der Waals surface area contributed by atoms with Gasteiger partial charge in [-0.05, 0) is 38.0 Å². The molecule has 2 fully saturated rings. The number of carbonyl (C=O) groups is 2. The predicted molar refractivity (Wildman–Crippen MR) is 68.1 cm³/mol. The molecular formula is C14H23NO3. The van der Waals surface area contributed by atoms with Crippen molar-refractivity contribution >= 4 is 11.9 Å². The summed E-state index contributed by atoms with van der Waals surface area (Å²) in [4.78, 5) is 25.6. The van der Waals surface area contributed by atoms with E-state index in [-0.39, 0.29) is 11.8 Å². The molecule has 0 spiro atoms. The molecule has 18 heavy (non-hydrogen) atoms. The van der Waals surface area contributed by atoms with Crippen molar-refractivity contribution in [3.8, 4) is 0 Å². The van der Waals surface area contributed by atoms with E-state index in [2.05, 4.69) is 0 Å². The SMILES string of the molecule is CCC1(C(=O)O)CCCN(C(=O)C(C)C2CC2)C1. The fourth-order valence-electron chi connectivity index (χ4n) is 3.02. The lowest BCUT2D eigenvalue weighted by Crippen LogP contribution is -2.51. The highest BCUT2D eigenvalue weighted by molar-refractivity contribution is 5.81. The van der Waals surface area contributed by atoms with Gasteiger partial charge in [0.25, 0.3) is 0 Å². The van der Waals surface area contributed by atoms with Crippen LogP contribution in [0.15, 0.2) is 0 Å². The second-order valence-corrected chi connectivity index (χ2v) is 5.93. The second-order valence-electron chi connectivity index (χ2n) is 5.93. The first-order chi connectivity index (χ1) is 8.50. The highest BCUT2D eigenvalue weighted by Gasteiger charge is 2.44. The van der Waals surface area contributed by atoms with Crippen LogP contribution in [0.3, 0.4) is 0 Å². The van der Waals surface area contributed by atoms with Gasteiger partial charge in [0.15, 0.2) is 0 Å². The Morgan fingerprint density at radius 3 is 2.61 bits per heavy atom. The van der Waals surface area contributed by atoms with Gasteiger partial charge >= 0.3 is 5.97 Å². The Balaban J connectivity index is 2.05. The molecule has 1 saturated heterocycles. The number of hydrogen-bond donors (Lipinski definition) is 1. The van der Waals surface area contributed by atoms with E-state index in [1.807, 2.05) is 13.8 Å². The molecule has 2 atom stereocenters. The number of likely N-dealkylation sites (tertiary alicyclic amines) is 1. The molecule has 4 heteroatoms. The van der Waals surface area contributed by atoms with E-state index < -0.39 is 11.4 Å². The molecule has 0 radical (unpaired) electrons. The van der Waals surface area contributed by atoms with Crippen LogP contribution in [0.2, 0.25) is 0 Å². The smallest absolute Gasteiger partial charge is 0.311 e. The third-order valence-electron chi connectivity index (χ3n) is 4.74. The molecule has 4 nitrogen and oxygen atoms in total. The lowest BCUT2D eigenvalue weighted by atomic mass is 9.77. The third-order valence-corrected chi connectivity index (χ3v) is 4.74. The summed E-state index contributed by atoms with van der Waals surface area (Å²) >= 11 is 0. The monoisotopic (exact) mass is 253 g/mol. The molecule has 2 rings (SSSR count). The Morgan fingerprint density at radius 2 is 2.11 bits per heavy atom. The number of carbonyl (C=O) groups excluding carboxylic acids is 1. The van der Waals surface area contributed by atoms with Crippen molar-refractivity contribution in [1.82, 2.24) is 4.90 Å². The van der Waals surface area contributed by atoms with Gasteiger partial charge in [-0.2, -0.15) is 0 Å². The summed E-state index contributed by atoms with van der Waals surface area (Å²) in [6.45, 7) is 5.02. The first kappa shape index (κ1) is 13.4. The average molecular weight is 253 g/mol. The van der Waals surface area contributed by atoms with Crippen molar-refractivity contribution in [2.24, 2.45) is 17.3 Å². The summed E-state index contributed by atoms with van der Waals surface area (Å²) in [5.74, 6) is 0.0320. The third kappa shape index (κ3) is 2.38. The highest BCUT2D eigenvalue weighted by atomic mass is 16.4. The van der Waals surface area contributed by atoms with E-state index in [0.29, 0.717) is 25.3 Å². The van der Waals surface area contributed by atoms with Crippen molar-refractivity contribution in [1.29, 1.82) is 0 Å². The summed E-state index contributed by atoms with van der Waals surface area (Å²) in [6.07, 6.45) is 4.41. The van der Waals surface area contributed by atoms with E-state index in [0.717, 1.165) is 25.8 Å². The van der Waals surface area contributed by atoms with Crippen LogP contribution >= 0.6 is 0 Å². The average Bonchev–Trinajstić information content (AvgIpc) is 3.21. The van der Waals surface area contributed by atoms with Crippen LogP contribution in [-0.2, 0) is 9.59 Å². The van der Waals surface area contributed by atoms with Gasteiger partial charge < -0.3 is 10.0 Å². The molecule has 1 aliphatic carbocycles. The molecule has 1 saturated carbocycles. The van der Waals surface area contributed by atoms with E-state index in [9.17, 15) is 14.7 Å². The zero-order valence-electron chi connectivity index (χ0n) is 11.3. The van der Waals surface area contributed by atoms with Gasteiger partial charge in [0.1, 0.15) is 0 Å². The lowest BCUT2D eigenvalue weighted by molar-refractivity contribution is -0.156. The first-order valence-corrected chi connectivity index (χ1v) is 7.02. The molecule has 2 unspecified atom stereocenters. The number of carboxylic acid groups (broad SMARTS) is 1. The van der Waals surface area contributed by atoms with Crippen molar-refractivity contribution in [3.63, 3.8) is 0 Å². The number of piperidine rings is 1. The fourth-order valence-corrected chi connectivity index (χ4v) is 3.02. The molecule has 1 heterocycles. The molecule has 1 N–H and O–H groups in total. The van der Waals surface area contributed by atoms with Crippen LogP contribution in [0.4, 0.5) is 0 Å². The minimum atomic E-state index is -0.749. The number of amides is 1. The summed E-state index contributed by atoms with van der Waals surface area (Å²) in [7, 11) is 0. The molecule has 0 aromatic rings. The van der Waals surface area contributed by atoms with Crippen LogP contribution in [0.1, 0.15) is 46.0 Å². The van der Waals surface area contributed by atoms with Crippen molar-refractivity contribution in [2.75, 3.05) is 13.1 Å². The first-order valence-electron chi connectivity index (χ1n) is 7.02. The number of aliphatic carboxylic acids is 1. The minimum absolute atomic E-state index is 0.0754. The second kappa shape index (κ2) is 4.90. The predicted octanol–water partition coefficient (Wildman–Crippen LogP) is 2.14. The molecule has 1 aliphatic heterocycles. The quantitative estimate of drug-likeness (QED) is 0.835. The lowest BCUT2D eigenvalue weighted by Gasteiger charge is -2.40. The van der Waals surface area contributed by atoms with Crippen molar-refractivity contribution in [3.05, 3.63) is 0 Å². The van der Waals surface area contributed by atoms with Gasteiger partial charge in [0.2, 0.25) is 5.91 Å². The van der Waals surface area contributed by atoms with E-state index in [1.165, 1.54) is 0 Å². The Labute approximate surface area is 108 Å².